The molecule has 2 aliphatic heterocycles. The molecule has 1 atom stereocenters. The molecular formula is C13H24N2O3. The predicted molar refractivity (Wildman–Crippen MR) is 68.4 cm³/mol. The van der Waals surface area contributed by atoms with E-state index >= 15 is 0 Å². The third-order valence-electron chi connectivity index (χ3n) is 3.96. The fourth-order valence-electron chi connectivity index (χ4n) is 2.81. The van der Waals surface area contributed by atoms with Crippen LogP contribution in [-0.4, -0.2) is 51.0 Å². The Morgan fingerprint density at radius 3 is 2.83 bits per heavy atom. The van der Waals surface area contributed by atoms with Crippen LogP contribution in [0.5, 0.6) is 0 Å². The highest BCUT2D eigenvalue weighted by molar-refractivity contribution is 5.75. The van der Waals surface area contributed by atoms with Crippen molar-refractivity contribution in [2.24, 2.45) is 0 Å². The van der Waals surface area contributed by atoms with E-state index in [1.807, 2.05) is 0 Å². The maximum atomic E-state index is 11.2. The molecular weight excluding hydrogens is 232 g/mol. The third kappa shape index (κ3) is 3.67. The van der Waals surface area contributed by atoms with E-state index in [2.05, 4.69) is 10.6 Å². The molecule has 5 nitrogen and oxygen atoms in total. The summed E-state index contributed by atoms with van der Waals surface area (Å²) in [5.41, 5.74) is 0.0290. The average molecular weight is 256 g/mol. The van der Waals surface area contributed by atoms with Gasteiger partial charge in [-0.3, -0.25) is 4.79 Å². The summed E-state index contributed by atoms with van der Waals surface area (Å²) in [6.45, 7) is 3.19. The number of nitrogens with one attached hydrogen (secondary N) is 2. The van der Waals surface area contributed by atoms with Crippen LogP contribution >= 0.6 is 0 Å². The normalized spacial score (nSPS) is 27.1. The molecule has 2 N–H and O–H groups in total. The van der Waals surface area contributed by atoms with E-state index in [1.165, 1.54) is 0 Å². The van der Waals surface area contributed by atoms with Gasteiger partial charge in [-0.05, 0) is 25.7 Å². The zero-order valence-electron chi connectivity index (χ0n) is 11.2. The minimum absolute atomic E-state index is 0.0290. The number of amides is 1. The Morgan fingerprint density at radius 2 is 2.11 bits per heavy atom. The van der Waals surface area contributed by atoms with Gasteiger partial charge in [0.2, 0.25) is 5.91 Å². The van der Waals surface area contributed by atoms with Crippen LogP contribution in [0.25, 0.3) is 0 Å². The maximum Gasteiger partial charge on any atom is 0.221 e. The average Bonchev–Trinajstić information content (AvgIpc) is 2.39. The topological polar surface area (TPSA) is 59.6 Å². The van der Waals surface area contributed by atoms with Gasteiger partial charge in [-0.2, -0.15) is 0 Å². The molecule has 5 heteroatoms. The predicted octanol–water partition coefficient (Wildman–Crippen LogP) is 0.440. The van der Waals surface area contributed by atoms with E-state index in [4.69, 9.17) is 9.47 Å². The molecule has 0 radical (unpaired) electrons. The highest BCUT2D eigenvalue weighted by Gasteiger charge is 2.38. The molecule has 18 heavy (non-hydrogen) atoms. The second-order valence-corrected chi connectivity index (χ2v) is 5.21. The molecule has 2 aliphatic rings. The van der Waals surface area contributed by atoms with Crippen molar-refractivity contribution in [1.29, 1.82) is 0 Å². The molecule has 0 aromatic heterocycles. The molecule has 2 rings (SSSR count). The van der Waals surface area contributed by atoms with Crippen molar-refractivity contribution in [2.45, 2.75) is 43.7 Å². The second kappa shape index (κ2) is 6.50. The van der Waals surface area contributed by atoms with E-state index in [-0.39, 0.29) is 11.5 Å². The number of ether oxygens (including phenoxy) is 2. The monoisotopic (exact) mass is 256 g/mol. The zero-order valence-corrected chi connectivity index (χ0v) is 11.2. The Balaban J connectivity index is 1.74. The molecule has 2 fully saturated rings. The van der Waals surface area contributed by atoms with Crippen molar-refractivity contribution < 1.29 is 14.3 Å². The first-order chi connectivity index (χ1) is 8.74. The van der Waals surface area contributed by atoms with Gasteiger partial charge in [0, 0.05) is 45.9 Å². The fraction of sp³-hybridized carbons (Fsp3) is 0.923. The van der Waals surface area contributed by atoms with Gasteiger partial charge in [0.25, 0.3) is 0 Å². The van der Waals surface area contributed by atoms with Crippen LogP contribution in [0.15, 0.2) is 0 Å². The Hall–Kier alpha value is -0.650. The first-order valence-electron chi connectivity index (χ1n) is 6.90. The first kappa shape index (κ1) is 13.8. The van der Waals surface area contributed by atoms with Gasteiger partial charge < -0.3 is 20.1 Å². The van der Waals surface area contributed by atoms with Crippen LogP contribution in [-0.2, 0) is 14.3 Å². The van der Waals surface area contributed by atoms with Gasteiger partial charge in [-0.15, -0.1) is 0 Å². The highest BCUT2D eigenvalue weighted by Crippen LogP contribution is 2.34. The molecule has 1 unspecified atom stereocenters. The Bertz CT molecular complexity index is 272. The van der Waals surface area contributed by atoms with Gasteiger partial charge in [-0.25, -0.2) is 0 Å². The van der Waals surface area contributed by atoms with Gasteiger partial charge in [0.1, 0.15) is 0 Å². The molecule has 2 heterocycles. The van der Waals surface area contributed by atoms with Crippen LogP contribution in [0.1, 0.15) is 32.1 Å². The van der Waals surface area contributed by atoms with E-state index in [9.17, 15) is 4.79 Å². The standard InChI is InChI=1S/C13H24N2O3/c1-14-12(16)2-6-15-11-3-7-18-13(10-11)4-8-17-9-5-13/h11,15H,2-10H2,1H3,(H,14,16). The van der Waals surface area contributed by atoms with Crippen LogP contribution in [0, 0.1) is 0 Å². The van der Waals surface area contributed by atoms with Gasteiger partial charge in [0.15, 0.2) is 0 Å². The summed E-state index contributed by atoms with van der Waals surface area (Å²) < 4.78 is 11.4. The summed E-state index contributed by atoms with van der Waals surface area (Å²) in [6.07, 6.45) is 4.63. The maximum absolute atomic E-state index is 11.2. The van der Waals surface area contributed by atoms with Crippen molar-refractivity contribution in [2.75, 3.05) is 33.4 Å². The Morgan fingerprint density at radius 1 is 1.33 bits per heavy atom. The second-order valence-electron chi connectivity index (χ2n) is 5.21. The smallest absolute Gasteiger partial charge is 0.221 e. The SMILES string of the molecule is CNC(=O)CCNC1CCOC2(CCOCC2)C1. The van der Waals surface area contributed by atoms with Crippen molar-refractivity contribution >= 4 is 5.91 Å². The van der Waals surface area contributed by atoms with E-state index in [1.54, 1.807) is 7.05 Å². The number of hydrogen-bond donors (Lipinski definition) is 2. The molecule has 1 spiro atoms. The van der Waals surface area contributed by atoms with Crippen molar-refractivity contribution in [3.8, 4) is 0 Å². The summed E-state index contributed by atoms with van der Waals surface area (Å²) in [6, 6.07) is 0.474. The van der Waals surface area contributed by atoms with Crippen LogP contribution in [0.4, 0.5) is 0 Å². The first-order valence-corrected chi connectivity index (χ1v) is 6.90. The molecule has 0 aliphatic carbocycles. The van der Waals surface area contributed by atoms with Gasteiger partial charge in [-0.1, -0.05) is 0 Å². The summed E-state index contributed by atoms with van der Waals surface area (Å²) in [5.74, 6) is 0.0929. The van der Waals surface area contributed by atoms with Crippen LogP contribution < -0.4 is 10.6 Å². The molecule has 0 saturated carbocycles. The highest BCUT2D eigenvalue weighted by atomic mass is 16.5. The Labute approximate surface area is 109 Å². The van der Waals surface area contributed by atoms with Gasteiger partial charge >= 0.3 is 0 Å². The largest absolute Gasteiger partial charge is 0.381 e. The lowest BCUT2D eigenvalue weighted by molar-refractivity contribution is -0.140. The summed E-state index contributed by atoms with van der Waals surface area (Å²) in [7, 11) is 1.67. The van der Waals surface area contributed by atoms with E-state index < -0.39 is 0 Å². The number of hydrogen-bond acceptors (Lipinski definition) is 4. The molecule has 0 bridgehead atoms. The minimum atomic E-state index is 0.0290. The summed E-state index contributed by atoms with van der Waals surface area (Å²) >= 11 is 0. The van der Waals surface area contributed by atoms with Crippen LogP contribution in [0.2, 0.25) is 0 Å². The number of carbonyl (C=O) groups excluding carboxylic acids is 1. The molecule has 1 amide bonds. The molecule has 0 aromatic carbocycles. The van der Waals surface area contributed by atoms with Crippen molar-refractivity contribution in [3.63, 3.8) is 0 Å². The van der Waals surface area contributed by atoms with Gasteiger partial charge in [0.05, 0.1) is 5.60 Å². The lowest BCUT2D eigenvalue weighted by Gasteiger charge is -2.43. The number of carbonyl (C=O) groups is 1. The van der Waals surface area contributed by atoms with Crippen molar-refractivity contribution in [3.05, 3.63) is 0 Å². The Kier molecular flexibility index (Phi) is 4.97. The third-order valence-corrected chi connectivity index (χ3v) is 3.96. The van der Waals surface area contributed by atoms with Crippen molar-refractivity contribution in [1.82, 2.24) is 10.6 Å². The minimum Gasteiger partial charge on any atom is -0.381 e. The van der Waals surface area contributed by atoms with E-state index in [0.29, 0.717) is 12.5 Å². The van der Waals surface area contributed by atoms with E-state index in [0.717, 1.165) is 52.0 Å². The fourth-order valence-corrected chi connectivity index (χ4v) is 2.81. The van der Waals surface area contributed by atoms with Crippen LogP contribution in [0.3, 0.4) is 0 Å². The zero-order chi connectivity index (χ0) is 12.8. The molecule has 0 aromatic rings. The summed E-state index contributed by atoms with van der Waals surface area (Å²) in [4.78, 5) is 11.2. The number of rotatable bonds is 4. The quantitative estimate of drug-likeness (QED) is 0.766. The molecule has 2 saturated heterocycles. The molecule has 104 valence electrons. The lowest BCUT2D eigenvalue weighted by atomic mass is 9.84. The summed E-state index contributed by atoms with van der Waals surface area (Å²) in [5, 5.41) is 6.12. The lowest BCUT2D eigenvalue weighted by Crippen LogP contribution is -2.50.